The Kier molecular flexibility index (Phi) is 5.77. The molecule has 0 aromatic heterocycles. The SMILES string of the molecule is Cl.O=C(O[C@H]1CNCC[C@@H]1c1ccccc1)C1C[C@@H]1c1ccccc1. The molecule has 3 nitrogen and oxygen atoms in total. The number of rotatable bonds is 4. The van der Waals surface area contributed by atoms with E-state index in [0.29, 0.717) is 11.8 Å². The number of ether oxygens (including phenoxy) is 1. The van der Waals surface area contributed by atoms with Gasteiger partial charge in [0.05, 0.1) is 5.92 Å². The molecule has 2 fully saturated rings. The Morgan fingerprint density at radius 1 is 0.920 bits per heavy atom. The number of carbonyl (C=O) groups excluding carboxylic acids is 1. The van der Waals surface area contributed by atoms with Crippen LogP contribution in [0, 0.1) is 5.92 Å². The Hall–Kier alpha value is -1.84. The van der Waals surface area contributed by atoms with Crippen LogP contribution in [0.4, 0.5) is 0 Å². The average molecular weight is 358 g/mol. The van der Waals surface area contributed by atoms with Crippen molar-refractivity contribution < 1.29 is 9.53 Å². The minimum absolute atomic E-state index is 0. The van der Waals surface area contributed by atoms with Gasteiger partial charge in [-0.1, -0.05) is 60.7 Å². The quantitative estimate of drug-likeness (QED) is 0.843. The number of benzene rings is 2. The van der Waals surface area contributed by atoms with Crippen LogP contribution in [0.5, 0.6) is 0 Å². The second kappa shape index (κ2) is 8.03. The lowest BCUT2D eigenvalue weighted by Gasteiger charge is -2.32. The van der Waals surface area contributed by atoms with Crippen LogP contribution in [-0.4, -0.2) is 25.2 Å². The van der Waals surface area contributed by atoms with Crippen molar-refractivity contribution in [2.45, 2.75) is 30.8 Å². The van der Waals surface area contributed by atoms with Crippen LogP contribution in [0.15, 0.2) is 60.7 Å². The summed E-state index contributed by atoms with van der Waals surface area (Å²) in [5.74, 6) is 0.639. The molecule has 1 aliphatic heterocycles. The Labute approximate surface area is 155 Å². The maximum absolute atomic E-state index is 12.6. The van der Waals surface area contributed by atoms with Crippen molar-refractivity contribution in [2.24, 2.45) is 5.92 Å². The molecule has 1 saturated heterocycles. The van der Waals surface area contributed by atoms with Gasteiger partial charge in [-0.05, 0) is 36.4 Å². The van der Waals surface area contributed by atoms with Gasteiger partial charge in [-0.3, -0.25) is 4.79 Å². The summed E-state index contributed by atoms with van der Waals surface area (Å²) in [6, 6.07) is 20.7. The van der Waals surface area contributed by atoms with E-state index in [9.17, 15) is 4.79 Å². The molecule has 1 heterocycles. The van der Waals surface area contributed by atoms with Gasteiger partial charge in [-0.2, -0.15) is 0 Å². The zero-order valence-corrected chi connectivity index (χ0v) is 15.0. The van der Waals surface area contributed by atoms with Gasteiger partial charge in [-0.15, -0.1) is 12.4 Å². The van der Waals surface area contributed by atoms with E-state index in [1.54, 1.807) is 0 Å². The van der Waals surface area contributed by atoms with Crippen molar-refractivity contribution in [1.82, 2.24) is 5.32 Å². The Morgan fingerprint density at radius 2 is 1.52 bits per heavy atom. The highest BCUT2D eigenvalue weighted by molar-refractivity contribution is 5.85. The van der Waals surface area contributed by atoms with Gasteiger partial charge in [-0.25, -0.2) is 0 Å². The minimum Gasteiger partial charge on any atom is -0.460 e. The standard InChI is InChI=1S/C21H23NO2.ClH/c23-21(19-13-18(19)16-9-5-2-6-10-16)24-20-14-22-12-11-17(20)15-7-3-1-4-8-15;/h1-10,17-20,22H,11-14H2;1H/t17-,18-,19?,20+;/m1./s1. The molecule has 4 rings (SSSR count). The van der Waals surface area contributed by atoms with Crippen LogP contribution >= 0.6 is 12.4 Å². The number of nitrogens with one attached hydrogen (secondary N) is 1. The molecule has 0 amide bonds. The van der Waals surface area contributed by atoms with Crippen molar-refractivity contribution in [1.29, 1.82) is 0 Å². The maximum atomic E-state index is 12.6. The van der Waals surface area contributed by atoms with Gasteiger partial charge in [0.25, 0.3) is 0 Å². The van der Waals surface area contributed by atoms with E-state index < -0.39 is 0 Å². The fourth-order valence-electron chi connectivity index (χ4n) is 3.80. The molecule has 2 aliphatic rings. The first-order valence-corrected chi connectivity index (χ1v) is 8.84. The van der Waals surface area contributed by atoms with Gasteiger partial charge in [0.15, 0.2) is 0 Å². The third-order valence-electron chi connectivity index (χ3n) is 5.24. The predicted molar refractivity (Wildman–Crippen MR) is 101 cm³/mol. The van der Waals surface area contributed by atoms with Crippen molar-refractivity contribution in [3.63, 3.8) is 0 Å². The summed E-state index contributed by atoms with van der Waals surface area (Å²) in [6.45, 7) is 1.72. The molecule has 4 atom stereocenters. The van der Waals surface area contributed by atoms with E-state index in [4.69, 9.17) is 4.74 Å². The molecule has 0 bridgehead atoms. The summed E-state index contributed by atoms with van der Waals surface area (Å²) >= 11 is 0. The lowest BCUT2D eigenvalue weighted by molar-refractivity contribution is -0.152. The van der Waals surface area contributed by atoms with Crippen LogP contribution in [0.1, 0.15) is 35.8 Å². The van der Waals surface area contributed by atoms with Crippen molar-refractivity contribution in [3.05, 3.63) is 71.8 Å². The fraction of sp³-hybridized carbons (Fsp3) is 0.381. The number of carbonyl (C=O) groups is 1. The lowest BCUT2D eigenvalue weighted by Crippen LogP contribution is -2.42. The van der Waals surface area contributed by atoms with Crippen molar-refractivity contribution >= 4 is 18.4 Å². The fourth-order valence-corrected chi connectivity index (χ4v) is 3.80. The molecule has 0 spiro atoms. The molecular weight excluding hydrogens is 334 g/mol. The van der Waals surface area contributed by atoms with Gasteiger partial charge < -0.3 is 10.1 Å². The second-order valence-electron chi connectivity index (χ2n) is 6.84. The zero-order valence-electron chi connectivity index (χ0n) is 14.1. The summed E-state index contributed by atoms with van der Waals surface area (Å²) in [5.41, 5.74) is 2.52. The van der Waals surface area contributed by atoms with Gasteiger partial charge in [0.2, 0.25) is 0 Å². The molecule has 1 N–H and O–H groups in total. The van der Waals surface area contributed by atoms with Gasteiger partial charge >= 0.3 is 5.97 Å². The number of halogens is 1. The van der Waals surface area contributed by atoms with E-state index >= 15 is 0 Å². The molecule has 1 aliphatic carbocycles. The van der Waals surface area contributed by atoms with Crippen LogP contribution in [0.2, 0.25) is 0 Å². The van der Waals surface area contributed by atoms with Crippen molar-refractivity contribution in [2.75, 3.05) is 13.1 Å². The largest absolute Gasteiger partial charge is 0.460 e. The van der Waals surface area contributed by atoms with E-state index in [1.807, 2.05) is 24.3 Å². The summed E-state index contributed by atoms with van der Waals surface area (Å²) in [6.07, 6.45) is 1.86. The molecule has 2 aromatic rings. The summed E-state index contributed by atoms with van der Waals surface area (Å²) in [5, 5.41) is 3.36. The van der Waals surface area contributed by atoms with E-state index in [1.165, 1.54) is 11.1 Å². The van der Waals surface area contributed by atoms with Crippen LogP contribution in [0.3, 0.4) is 0 Å². The number of hydrogen-bond acceptors (Lipinski definition) is 3. The van der Waals surface area contributed by atoms with Crippen LogP contribution in [-0.2, 0) is 9.53 Å². The highest BCUT2D eigenvalue weighted by Gasteiger charge is 2.46. The Morgan fingerprint density at radius 3 is 2.16 bits per heavy atom. The van der Waals surface area contributed by atoms with Crippen LogP contribution in [0.25, 0.3) is 0 Å². The van der Waals surface area contributed by atoms with Crippen LogP contribution < -0.4 is 5.32 Å². The highest BCUT2D eigenvalue weighted by Crippen LogP contribution is 2.48. The monoisotopic (exact) mass is 357 g/mol. The molecule has 25 heavy (non-hydrogen) atoms. The van der Waals surface area contributed by atoms with E-state index in [-0.39, 0.29) is 30.4 Å². The number of hydrogen-bond donors (Lipinski definition) is 1. The lowest BCUT2D eigenvalue weighted by atomic mass is 9.88. The smallest absolute Gasteiger partial charge is 0.309 e. The van der Waals surface area contributed by atoms with Gasteiger partial charge in [0.1, 0.15) is 6.10 Å². The third kappa shape index (κ3) is 4.05. The summed E-state index contributed by atoms with van der Waals surface area (Å²) in [4.78, 5) is 12.6. The van der Waals surface area contributed by atoms with E-state index in [0.717, 1.165) is 25.9 Å². The molecule has 132 valence electrons. The van der Waals surface area contributed by atoms with E-state index in [2.05, 4.69) is 41.7 Å². The molecule has 1 unspecified atom stereocenters. The van der Waals surface area contributed by atoms with Gasteiger partial charge in [0, 0.05) is 12.5 Å². The predicted octanol–water partition coefficient (Wildman–Crippen LogP) is 3.90. The molecule has 2 aromatic carbocycles. The summed E-state index contributed by atoms with van der Waals surface area (Å²) in [7, 11) is 0. The van der Waals surface area contributed by atoms with Crippen molar-refractivity contribution in [3.8, 4) is 0 Å². The number of piperidine rings is 1. The number of esters is 1. The topological polar surface area (TPSA) is 38.3 Å². The minimum atomic E-state index is -0.0642. The Bertz CT molecular complexity index is 692. The first-order valence-electron chi connectivity index (χ1n) is 8.84. The molecule has 1 saturated carbocycles. The maximum Gasteiger partial charge on any atom is 0.309 e. The normalized spacial score (nSPS) is 27.8. The first-order chi connectivity index (χ1) is 11.8. The molecule has 0 radical (unpaired) electrons. The molecule has 4 heteroatoms. The highest BCUT2D eigenvalue weighted by atomic mass is 35.5. The second-order valence-corrected chi connectivity index (χ2v) is 6.84. The average Bonchev–Trinajstić information content (AvgIpc) is 3.45. The summed E-state index contributed by atoms with van der Waals surface area (Å²) < 4.78 is 5.93. The molecular formula is C21H24ClNO2. The third-order valence-corrected chi connectivity index (χ3v) is 5.24. The zero-order chi connectivity index (χ0) is 16.4. The Balaban J connectivity index is 0.00000182. The first kappa shape index (κ1) is 18.0.